The molecule has 1 saturated carbocycles. The third-order valence-electron chi connectivity index (χ3n) is 3.83. The first kappa shape index (κ1) is 16.8. The number of carboxylic acid groups (broad SMARTS) is 1. The fourth-order valence-corrected chi connectivity index (χ4v) is 2.60. The van der Waals surface area contributed by atoms with E-state index in [0.29, 0.717) is 6.42 Å². The molecule has 0 radical (unpaired) electrons. The average molecular weight is 286 g/mol. The quantitative estimate of drug-likeness (QED) is 0.824. The second-order valence-corrected chi connectivity index (χ2v) is 6.46. The first-order valence-electron chi connectivity index (χ1n) is 7.09. The van der Waals surface area contributed by atoms with Crippen LogP contribution in [0.3, 0.4) is 0 Å². The molecule has 0 aromatic heterocycles. The minimum absolute atomic E-state index is 0.227. The van der Waals surface area contributed by atoms with Gasteiger partial charge in [-0.15, -0.1) is 0 Å². The predicted molar refractivity (Wildman–Crippen MR) is 75.5 cm³/mol. The lowest BCUT2D eigenvalue weighted by atomic mass is 9.91. The molecular formula is C14H26N2O4. The lowest BCUT2D eigenvalue weighted by Gasteiger charge is -2.42. The lowest BCUT2D eigenvalue weighted by molar-refractivity contribution is -0.138. The van der Waals surface area contributed by atoms with Crippen LogP contribution in [0.2, 0.25) is 0 Å². The van der Waals surface area contributed by atoms with Gasteiger partial charge in [0.05, 0.1) is 12.1 Å². The Labute approximate surface area is 120 Å². The van der Waals surface area contributed by atoms with Crippen LogP contribution in [0.1, 0.15) is 46.5 Å². The summed E-state index contributed by atoms with van der Waals surface area (Å²) in [6.45, 7) is 5.08. The third kappa shape index (κ3) is 4.10. The zero-order valence-corrected chi connectivity index (χ0v) is 12.8. The maximum atomic E-state index is 12.5. The van der Waals surface area contributed by atoms with Crippen molar-refractivity contribution >= 4 is 12.0 Å². The molecule has 2 amide bonds. The number of carbonyl (C=O) groups excluding carboxylic acids is 1. The van der Waals surface area contributed by atoms with Crippen LogP contribution in [0, 0.1) is 0 Å². The zero-order chi connectivity index (χ0) is 15.5. The van der Waals surface area contributed by atoms with Crippen molar-refractivity contribution in [2.75, 3.05) is 13.6 Å². The summed E-state index contributed by atoms with van der Waals surface area (Å²) >= 11 is 0. The standard InChI is InChI=1S/C14H26N2O4/c1-14(2,3)16(9-12(18)19)13(20)15(4)10-7-5-6-8-11(10)17/h10-11,17H,5-9H2,1-4H3,(H,18,19). The molecule has 20 heavy (non-hydrogen) atoms. The summed E-state index contributed by atoms with van der Waals surface area (Å²) in [5.41, 5.74) is -0.580. The molecule has 1 aliphatic rings. The van der Waals surface area contributed by atoms with E-state index in [0.717, 1.165) is 19.3 Å². The van der Waals surface area contributed by atoms with E-state index in [2.05, 4.69) is 0 Å². The van der Waals surface area contributed by atoms with E-state index in [9.17, 15) is 14.7 Å². The molecule has 6 heteroatoms. The van der Waals surface area contributed by atoms with Crippen molar-refractivity contribution in [3.8, 4) is 0 Å². The molecule has 2 atom stereocenters. The van der Waals surface area contributed by atoms with Gasteiger partial charge in [0, 0.05) is 12.6 Å². The van der Waals surface area contributed by atoms with Gasteiger partial charge in [-0.1, -0.05) is 12.8 Å². The van der Waals surface area contributed by atoms with Gasteiger partial charge in [0.15, 0.2) is 0 Å². The van der Waals surface area contributed by atoms with Crippen molar-refractivity contribution < 1.29 is 19.8 Å². The van der Waals surface area contributed by atoms with Crippen LogP contribution in [-0.4, -0.2) is 63.3 Å². The van der Waals surface area contributed by atoms with Gasteiger partial charge in [-0.05, 0) is 33.6 Å². The summed E-state index contributed by atoms with van der Waals surface area (Å²) in [7, 11) is 1.64. The molecule has 1 fully saturated rings. The van der Waals surface area contributed by atoms with Crippen LogP contribution in [0.5, 0.6) is 0 Å². The highest BCUT2D eigenvalue weighted by Gasteiger charge is 2.36. The largest absolute Gasteiger partial charge is 0.480 e. The summed E-state index contributed by atoms with van der Waals surface area (Å²) in [6, 6.07) is -0.569. The van der Waals surface area contributed by atoms with Crippen molar-refractivity contribution in [1.82, 2.24) is 9.80 Å². The molecule has 2 unspecified atom stereocenters. The summed E-state index contributed by atoms with van der Waals surface area (Å²) in [6.07, 6.45) is 2.88. The normalized spacial score (nSPS) is 23.2. The van der Waals surface area contributed by atoms with Gasteiger partial charge in [-0.2, -0.15) is 0 Å². The van der Waals surface area contributed by atoms with Crippen LogP contribution >= 0.6 is 0 Å². The predicted octanol–water partition coefficient (Wildman–Crippen LogP) is 1.53. The Morgan fingerprint density at radius 2 is 1.75 bits per heavy atom. The number of aliphatic hydroxyl groups excluding tert-OH is 1. The van der Waals surface area contributed by atoms with E-state index in [1.54, 1.807) is 27.8 Å². The second-order valence-electron chi connectivity index (χ2n) is 6.46. The monoisotopic (exact) mass is 286 g/mol. The summed E-state index contributed by atoms with van der Waals surface area (Å²) in [5, 5.41) is 19.0. The zero-order valence-electron chi connectivity index (χ0n) is 12.8. The number of aliphatic hydroxyl groups is 1. The van der Waals surface area contributed by atoms with Gasteiger partial charge in [-0.25, -0.2) is 4.79 Å². The van der Waals surface area contributed by atoms with E-state index in [-0.39, 0.29) is 18.6 Å². The van der Waals surface area contributed by atoms with Gasteiger partial charge in [-0.3, -0.25) is 4.79 Å². The minimum atomic E-state index is -1.04. The number of rotatable bonds is 3. The van der Waals surface area contributed by atoms with Gasteiger partial charge in [0.2, 0.25) is 0 Å². The number of aliphatic carboxylic acids is 1. The van der Waals surface area contributed by atoms with Crippen LogP contribution in [0.4, 0.5) is 4.79 Å². The molecular weight excluding hydrogens is 260 g/mol. The fraction of sp³-hybridized carbons (Fsp3) is 0.857. The van der Waals surface area contributed by atoms with Crippen LogP contribution in [-0.2, 0) is 4.79 Å². The SMILES string of the molecule is CN(C(=O)N(CC(=O)O)C(C)(C)C)C1CCCCC1O. The molecule has 0 aromatic carbocycles. The maximum absolute atomic E-state index is 12.5. The van der Waals surface area contributed by atoms with Crippen molar-refractivity contribution in [2.24, 2.45) is 0 Å². The average Bonchev–Trinajstić information content (AvgIpc) is 2.33. The number of carbonyl (C=O) groups is 2. The highest BCUT2D eigenvalue weighted by Crippen LogP contribution is 2.24. The first-order chi connectivity index (χ1) is 9.14. The van der Waals surface area contributed by atoms with E-state index < -0.39 is 17.6 Å². The van der Waals surface area contributed by atoms with Crippen molar-refractivity contribution in [1.29, 1.82) is 0 Å². The summed E-state index contributed by atoms with van der Waals surface area (Å²) < 4.78 is 0. The number of hydrogen-bond donors (Lipinski definition) is 2. The molecule has 6 nitrogen and oxygen atoms in total. The third-order valence-corrected chi connectivity index (χ3v) is 3.83. The smallest absolute Gasteiger partial charge is 0.323 e. The number of carboxylic acids is 1. The minimum Gasteiger partial charge on any atom is -0.480 e. The highest BCUT2D eigenvalue weighted by molar-refractivity contribution is 5.81. The lowest BCUT2D eigenvalue weighted by Crippen LogP contribution is -2.57. The number of amides is 2. The Bertz CT molecular complexity index is 365. The first-order valence-corrected chi connectivity index (χ1v) is 7.09. The fourth-order valence-electron chi connectivity index (χ4n) is 2.60. The molecule has 2 N–H and O–H groups in total. The number of hydrogen-bond acceptors (Lipinski definition) is 3. The Morgan fingerprint density at radius 3 is 2.20 bits per heavy atom. The maximum Gasteiger partial charge on any atom is 0.323 e. The number of nitrogens with zero attached hydrogens (tertiary/aromatic N) is 2. The van der Waals surface area contributed by atoms with Gasteiger partial charge >= 0.3 is 12.0 Å². The van der Waals surface area contributed by atoms with Gasteiger partial charge in [0.25, 0.3) is 0 Å². The molecule has 0 bridgehead atoms. The van der Waals surface area contributed by atoms with Crippen molar-refractivity contribution in [2.45, 2.75) is 64.1 Å². The van der Waals surface area contributed by atoms with Crippen LogP contribution in [0.15, 0.2) is 0 Å². The van der Waals surface area contributed by atoms with E-state index >= 15 is 0 Å². The summed E-state index contributed by atoms with van der Waals surface area (Å²) in [4.78, 5) is 26.3. The second kappa shape index (κ2) is 6.43. The highest BCUT2D eigenvalue weighted by atomic mass is 16.4. The van der Waals surface area contributed by atoms with Gasteiger partial charge in [0.1, 0.15) is 6.54 Å². The molecule has 1 aliphatic carbocycles. The Hall–Kier alpha value is -1.30. The number of likely N-dealkylation sites (N-methyl/N-ethyl adjacent to an activating group) is 1. The molecule has 1 rings (SSSR count). The molecule has 0 saturated heterocycles. The van der Waals surface area contributed by atoms with Crippen LogP contribution < -0.4 is 0 Å². The molecule has 0 aliphatic heterocycles. The Kier molecular flexibility index (Phi) is 5.39. The van der Waals surface area contributed by atoms with E-state index in [1.807, 2.05) is 0 Å². The van der Waals surface area contributed by atoms with Gasteiger partial charge < -0.3 is 20.0 Å². The van der Waals surface area contributed by atoms with E-state index in [1.165, 1.54) is 9.80 Å². The van der Waals surface area contributed by atoms with Crippen molar-refractivity contribution in [3.63, 3.8) is 0 Å². The van der Waals surface area contributed by atoms with Crippen LogP contribution in [0.25, 0.3) is 0 Å². The molecule has 116 valence electrons. The Balaban J connectivity index is 2.85. The van der Waals surface area contributed by atoms with E-state index in [4.69, 9.17) is 5.11 Å². The molecule has 0 aromatic rings. The topological polar surface area (TPSA) is 81.1 Å². The Morgan fingerprint density at radius 1 is 1.20 bits per heavy atom. The molecule has 0 spiro atoms. The summed E-state index contributed by atoms with van der Waals surface area (Å²) in [5.74, 6) is -1.04. The van der Waals surface area contributed by atoms with Crippen molar-refractivity contribution in [3.05, 3.63) is 0 Å². The number of urea groups is 1. The molecule has 0 heterocycles.